The number of carbonyl (C=O) groups excluding carboxylic acids is 2. The van der Waals surface area contributed by atoms with Crippen LogP contribution in [0.3, 0.4) is 0 Å². The molecular formula is C32H54NO4+. The fraction of sp³-hybridized carbons (Fsp3) is 0.688. The second-order valence-electron chi connectivity index (χ2n) is 11.3. The molecule has 1 atom stereocenters. The zero-order valence-electron chi connectivity index (χ0n) is 24.2. The number of esters is 2. The third-order valence-electron chi connectivity index (χ3n) is 6.33. The van der Waals surface area contributed by atoms with Crippen molar-refractivity contribution in [2.24, 2.45) is 0 Å². The summed E-state index contributed by atoms with van der Waals surface area (Å²) in [6, 6.07) is 9.60. The molecule has 0 N–H and O–H groups in total. The Morgan fingerprint density at radius 1 is 0.784 bits per heavy atom. The van der Waals surface area contributed by atoms with Crippen LogP contribution in [0.4, 0.5) is 0 Å². The quantitative estimate of drug-likeness (QED) is 0.0683. The molecule has 1 rings (SSSR count). The van der Waals surface area contributed by atoms with E-state index in [-0.39, 0.29) is 25.0 Å². The maximum atomic E-state index is 12.4. The van der Waals surface area contributed by atoms with Gasteiger partial charge in [-0.15, -0.1) is 0 Å². The Morgan fingerprint density at radius 3 is 1.95 bits per heavy atom. The molecule has 210 valence electrons. The molecular weight excluding hydrogens is 462 g/mol. The van der Waals surface area contributed by atoms with E-state index >= 15 is 0 Å². The first-order valence-electron chi connectivity index (χ1n) is 14.6. The van der Waals surface area contributed by atoms with Crippen molar-refractivity contribution in [1.29, 1.82) is 0 Å². The largest absolute Gasteiger partial charge is 0.461 e. The van der Waals surface area contributed by atoms with E-state index in [1.54, 1.807) is 0 Å². The molecule has 0 spiro atoms. The van der Waals surface area contributed by atoms with Crippen molar-refractivity contribution in [3.05, 3.63) is 48.0 Å². The van der Waals surface area contributed by atoms with E-state index in [0.29, 0.717) is 17.4 Å². The maximum absolute atomic E-state index is 12.4. The summed E-state index contributed by atoms with van der Waals surface area (Å²) in [6.45, 7) is 3.06. The molecule has 0 aliphatic heterocycles. The molecule has 0 unspecified atom stereocenters. The van der Waals surface area contributed by atoms with E-state index in [2.05, 4.69) is 19.1 Å². The van der Waals surface area contributed by atoms with Gasteiger partial charge in [-0.2, -0.15) is 0 Å². The minimum absolute atomic E-state index is 0.0838. The number of hydrogen-bond acceptors (Lipinski definition) is 4. The van der Waals surface area contributed by atoms with Crippen LogP contribution in [-0.2, 0) is 25.7 Å². The highest BCUT2D eigenvalue weighted by atomic mass is 16.6. The summed E-state index contributed by atoms with van der Waals surface area (Å²) in [6.07, 6.45) is 20.7. The lowest BCUT2D eigenvalue weighted by atomic mass is 10.1. The van der Waals surface area contributed by atoms with Crippen molar-refractivity contribution in [2.75, 3.05) is 27.7 Å². The van der Waals surface area contributed by atoms with Gasteiger partial charge in [0, 0.05) is 6.42 Å². The van der Waals surface area contributed by atoms with Gasteiger partial charge >= 0.3 is 11.9 Å². The van der Waals surface area contributed by atoms with Crippen molar-refractivity contribution in [2.45, 2.75) is 116 Å². The fourth-order valence-corrected chi connectivity index (χ4v) is 4.32. The van der Waals surface area contributed by atoms with E-state index in [0.717, 1.165) is 31.2 Å². The van der Waals surface area contributed by atoms with Crippen LogP contribution in [0.2, 0.25) is 0 Å². The SMILES string of the molecule is CCCCCCCC/C=C\CCCCCCCC(=O)O[C@H](CC(=O)OCc1ccccc1)C[N+](C)(C)C. The molecule has 0 amide bonds. The summed E-state index contributed by atoms with van der Waals surface area (Å²) < 4.78 is 11.7. The average Bonchev–Trinajstić information content (AvgIpc) is 2.84. The minimum Gasteiger partial charge on any atom is -0.461 e. The molecule has 0 radical (unpaired) electrons. The summed E-state index contributed by atoms with van der Waals surface area (Å²) in [5.41, 5.74) is 0.945. The first-order chi connectivity index (χ1) is 17.8. The molecule has 0 saturated heterocycles. The third kappa shape index (κ3) is 20.6. The van der Waals surface area contributed by atoms with Gasteiger partial charge in [0.2, 0.25) is 0 Å². The van der Waals surface area contributed by atoms with E-state index in [9.17, 15) is 9.59 Å². The van der Waals surface area contributed by atoms with Crippen molar-refractivity contribution >= 4 is 11.9 Å². The predicted octanol–water partition coefficient (Wildman–Crippen LogP) is 7.78. The van der Waals surface area contributed by atoms with Crippen LogP contribution >= 0.6 is 0 Å². The third-order valence-corrected chi connectivity index (χ3v) is 6.33. The standard InChI is InChI=1S/C32H54NO4/c1-5-6-7-8-9-10-11-12-13-14-15-16-17-18-22-25-31(34)37-30(27-33(2,3)4)26-32(35)36-28-29-23-20-19-21-24-29/h12-13,19-21,23-24,30H,5-11,14-18,22,25-28H2,1-4H3/q+1/b13-12-/t30-/m1/s1. The van der Waals surface area contributed by atoms with Crippen molar-refractivity contribution in [3.8, 4) is 0 Å². The molecule has 5 heteroatoms. The number of ether oxygens (including phenoxy) is 2. The van der Waals surface area contributed by atoms with Crippen LogP contribution in [0.1, 0.15) is 109 Å². The Balaban J connectivity index is 2.15. The maximum Gasteiger partial charge on any atom is 0.310 e. The Kier molecular flexibility index (Phi) is 18.5. The fourth-order valence-electron chi connectivity index (χ4n) is 4.32. The summed E-state index contributed by atoms with van der Waals surface area (Å²) in [4.78, 5) is 24.8. The molecule has 0 fully saturated rings. The summed E-state index contributed by atoms with van der Waals surface area (Å²) >= 11 is 0. The lowest BCUT2D eigenvalue weighted by Gasteiger charge is -2.28. The van der Waals surface area contributed by atoms with Gasteiger partial charge < -0.3 is 14.0 Å². The van der Waals surface area contributed by atoms with E-state index in [4.69, 9.17) is 9.47 Å². The minimum atomic E-state index is -0.473. The molecule has 1 aromatic carbocycles. The molecule has 37 heavy (non-hydrogen) atoms. The second kappa shape index (κ2) is 20.9. The number of allylic oxidation sites excluding steroid dienone is 2. The summed E-state index contributed by atoms with van der Waals surface area (Å²) in [5, 5.41) is 0. The van der Waals surface area contributed by atoms with Crippen LogP contribution in [0, 0.1) is 0 Å². The normalized spacial score (nSPS) is 12.5. The van der Waals surface area contributed by atoms with Crippen molar-refractivity contribution in [3.63, 3.8) is 0 Å². The van der Waals surface area contributed by atoms with Gasteiger partial charge in [0.15, 0.2) is 6.10 Å². The number of benzene rings is 1. The van der Waals surface area contributed by atoms with E-state index in [1.165, 1.54) is 57.8 Å². The molecule has 5 nitrogen and oxygen atoms in total. The molecule has 0 heterocycles. The van der Waals surface area contributed by atoms with E-state index in [1.807, 2.05) is 51.5 Å². The number of carbonyl (C=O) groups is 2. The first-order valence-corrected chi connectivity index (χ1v) is 14.6. The Bertz CT molecular complexity index is 739. The Labute approximate surface area is 227 Å². The summed E-state index contributed by atoms with van der Waals surface area (Å²) in [7, 11) is 6.08. The Morgan fingerprint density at radius 2 is 1.35 bits per heavy atom. The highest BCUT2D eigenvalue weighted by molar-refractivity contribution is 5.72. The highest BCUT2D eigenvalue weighted by Gasteiger charge is 2.25. The van der Waals surface area contributed by atoms with E-state index < -0.39 is 6.10 Å². The van der Waals surface area contributed by atoms with Gasteiger partial charge in [0.1, 0.15) is 13.2 Å². The van der Waals surface area contributed by atoms with Crippen LogP contribution in [0.5, 0.6) is 0 Å². The Hall–Kier alpha value is -2.14. The molecule has 0 bridgehead atoms. The second-order valence-corrected chi connectivity index (χ2v) is 11.3. The zero-order valence-corrected chi connectivity index (χ0v) is 24.2. The van der Waals surface area contributed by atoms with Gasteiger partial charge in [-0.3, -0.25) is 9.59 Å². The number of unbranched alkanes of at least 4 members (excludes halogenated alkanes) is 11. The van der Waals surface area contributed by atoms with Gasteiger partial charge in [0.05, 0.1) is 27.6 Å². The summed E-state index contributed by atoms with van der Waals surface area (Å²) in [5.74, 6) is -0.553. The average molecular weight is 517 g/mol. The van der Waals surface area contributed by atoms with Crippen molar-refractivity contribution in [1.82, 2.24) is 0 Å². The molecule has 0 aromatic heterocycles. The highest BCUT2D eigenvalue weighted by Crippen LogP contribution is 2.13. The number of likely N-dealkylation sites (N-methyl/N-ethyl adjacent to an activating group) is 1. The van der Waals surface area contributed by atoms with Gasteiger partial charge in [-0.1, -0.05) is 101 Å². The first kappa shape index (κ1) is 32.9. The van der Waals surface area contributed by atoms with Gasteiger partial charge in [-0.05, 0) is 37.7 Å². The van der Waals surface area contributed by atoms with Crippen LogP contribution in [0.25, 0.3) is 0 Å². The molecule has 0 aliphatic rings. The topological polar surface area (TPSA) is 52.6 Å². The smallest absolute Gasteiger partial charge is 0.310 e. The lowest BCUT2D eigenvalue weighted by Crippen LogP contribution is -2.44. The van der Waals surface area contributed by atoms with Crippen LogP contribution in [-0.4, -0.2) is 50.2 Å². The predicted molar refractivity (Wildman–Crippen MR) is 153 cm³/mol. The lowest BCUT2D eigenvalue weighted by molar-refractivity contribution is -0.873. The molecule has 0 saturated carbocycles. The molecule has 1 aromatic rings. The van der Waals surface area contributed by atoms with Gasteiger partial charge in [0.25, 0.3) is 0 Å². The molecule has 0 aliphatic carbocycles. The monoisotopic (exact) mass is 516 g/mol. The number of hydrogen-bond donors (Lipinski definition) is 0. The number of rotatable bonds is 22. The van der Waals surface area contributed by atoms with Gasteiger partial charge in [-0.25, -0.2) is 0 Å². The number of quaternary nitrogens is 1. The van der Waals surface area contributed by atoms with Crippen molar-refractivity contribution < 1.29 is 23.5 Å². The van der Waals surface area contributed by atoms with Crippen LogP contribution in [0.15, 0.2) is 42.5 Å². The van der Waals surface area contributed by atoms with Crippen LogP contribution < -0.4 is 0 Å². The number of nitrogens with zero attached hydrogens (tertiary/aromatic N) is 1. The zero-order chi connectivity index (χ0) is 27.2.